The van der Waals surface area contributed by atoms with E-state index in [2.05, 4.69) is 10.4 Å². The number of rotatable bonds is 7. The average molecular weight is 428 g/mol. The smallest absolute Gasteiger partial charge is 0.273 e. The number of hydrogen-bond acceptors (Lipinski definition) is 4. The maximum atomic E-state index is 13.7. The minimum absolute atomic E-state index is 0.0121. The summed E-state index contributed by atoms with van der Waals surface area (Å²) in [6.07, 6.45) is 1.43. The number of aryl methyl sites for hydroxylation is 1. The molecule has 0 aliphatic carbocycles. The lowest BCUT2D eigenvalue weighted by molar-refractivity contribution is 0.0816. The van der Waals surface area contributed by atoms with Crippen LogP contribution in [0.1, 0.15) is 33.3 Å². The number of carbonyl (C=O) groups is 2. The van der Waals surface area contributed by atoms with Crippen LogP contribution in [0.3, 0.4) is 0 Å². The molecule has 3 rings (SSSR count). The van der Waals surface area contributed by atoms with Crippen molar-refractivity contribution in [1.82, 2.24) is 14.7 Å². The van der Waals surface area contributed by atoms with Gasteiger partial charge in [-0.25, -0.2) is 8.78 Å². The number of nitrogens with zero attached hydrogens (tertiary/aromatic N) is 3. The van der Waals surface area contributed by atoms with Crippen molar-refractivity contribution < 1.29 is 23.1 Å². The van der Waals surface area contributed by atoms with Crippen LogP contribution < -0.4 is 10.1 Å². The third-order valence-electron chi connectivity index (χ3n) is 4.47. The Morgan fingerprint density at radius 1 is 1.16 bits per heavy atom. The molecule has 7 nitrogen and oxygen atoms in total. The number of nitrogens with one attached hydrogen (secondary N) is 1. The molecule has 0 spiro atoms. The number of aromatic nitrogens is 2. The van der Waals surface area contributed by atoms with Gasteiger partial charge in [-0.15, -0.1) is 0 Å². The quantitative estimate of drug-likeness (QED) is 0.622. The van der Waals surface area contributed by atoms with Crippen LogP contribution in [0.15, 0.2) is 48.7 Å². The number of halogens is 2. The van der Waals surface area contributed by atoms with Crippen LogP contribution in [0.25, 0.3) is 0 Å². The van der Waals surface area contributed by atoms with Gasteiger partial charge >= 0.3 is 0 Å². The topological polar surface area (TPSA) is 76.5 Å². The molecule has 1 N–H and O–H groups in total. The normalized spacial score (nSPS) is 10.6. The summed E-state index contributed by atoms with van der Waals surface area (Å²) in [4.78, 5) is 26.7. The number of hydrogen-bond donors (Lipinski definition) is 1. The summed E-state index contributed by atoms with van der Waals surface area (Å²) < 4.78 is 33.6. The lowest BCUT2D eigenvalue weighted by Crippen LogP contribution is -2.26. The fraction of sp³-hybridized carbons (Fsp3) is 0.227. The Balaban J connectivity index is 1.75. The maximum Gasteiger partial charge on any atom is 0.273 e. The van der Waals surface area contributed by atoms with Crippen molar-refractivity contribution in [2.75, 3.05) is 19.4 Å². The predicted molar refractivity (Wildman–Crippen MR) is 111 cm³/mol. The Kier molecular flexibility index (Phi) is 6.64. The summed E-state index contributed by atoms with van der Waals surface area (Å²) in [6.45, 7) is 2.30. The van der Waals surface area contributed by atoms with E-state index >= 15 is 0 Å². The zero-order chi connectivity index (χ0) is 22.5. The second kappa shape index (κ2) is 9.38. The molecule has 0 aliphatic heterocycles. The molecule has 2 aromatic carbocycles. The summed E-state index contributed by atoms with van der Waals surface area (Å²) >= 11 is 0. The molecule has 3 aromatic rings. The second-order valence-electron chi connectivity index (χ2n) is 6.94. The first-order valence-electron chi connectivity index (χ1n) is 9.55. The van der Waals surface area contributed by atoms with Gasteiger partial charge in [-0.05, 0) is 36.8 Å². The number of carbonyl (C=O) groups excluding carboxylic acids is 2. The summed E-state index contributed by atoms with van der Waals surface area (Å²) in [5.74, 6) is -2.30. The van der Waals surface area contributed by atoms with Crippen LogP contribution in [0.2, 0.25) is 0 Å². The number of benzene rings is 2. The first-order valence-corrected chi connectivity index (χ1v) is 9.55. The van der Waals surface area contributed by atoms with Gasteiger partial charge in [-0.2, -0.15) is 5.10 Å². The van der Waals surface area contributed by atoms with Gasteiger partial charge in [-0.3, -0.25) is 14.3 Å². The standard InChI is InChI=1S/C22H22F2N4O3/c1-4-28-20(22(30)27(2)3)18(12-25-28)26-21(29)15-7-5-6-14(10-15)13-31-19-9-8-16(23)11-17(19)24/h5-12H,4,13H2,1-3H3,(H,26,29). The highest BCUT2D eigenvalue weighted by Gasteiger charge is 2.21. The van der Waals surface area contributed by atoms with Gasteiger partial charge < -0.3 is 15.0 Å². The van der Waals surface area contributed by atoms with Crippen LogP contribution in [0.5, 0.6) is 5.75 Å². The molecule has 0 atom stereocenters. The SMILES string of the molecule is CCn1ncc(NC(=O)c2cccc(COc3ccc(F)cc3F)c2)c1C(=O)N(C)C. The molecule has 0 bridgehead atoms. The van der Waals surface area contributed by atoms with Crippen molar-refractivity contribution in [1.29, 1.82) is 0 Å². The number of ether oxygens (including phenoxy) is 1. The van der Waals surface area contributed by atoms with Crippen molar-refractivity contribution in [3.63, 3.8) is 0 Å². The molecular formula is C22H22F2N4O3. The molecule has 0 aliphatic rings. The number of amides is 2. The van der Waals surface area contributed by atoms with E-state index in [1.807, 2.05) is 6.92 Å². The van der Waals surface area contributed by atoms with E-state index in [0.717, 1.165) is 12.1 Å². The lowest BCUT2D eigenvalue weighted by atomic mass is 10.1. The van der Waals surface area contributed by atoms with Crippen LogP contribution in [-0.4, -0.2) is 40.6 Å². The van der Waals surface area contributed by atoms with Crippen molar-refractivity contribution >= 4 is 17.5 Å². The first-order chi connectivity index (χ1) is 14.8. The minimum Gasteiger partial charge on any atom is -0.486 e. The van der Waals surface area contributed by atoms with Gasteiger partial charge in [0.2, 0.25) is 0 Å². The zero-order valence-corrected chi connectivity index (χ0v) is 17.4. The van der Waals surface area contributed by atoms with Crippen molar-refractivity contribution in [2.24, 2.45) is 0 Å². The Labute approximate surface area is 178 Å². The van der Waals surface area contributed by atoms with Crippen LogP contribution in [-0.2, 0) is 13.2 Å². The van der Waals surface area contributed by atoms with E-state index in [0.29, 0.717) is 23.4 Å². The van der Waals surface area contributed by atoms with Gasteiger partial charge in [0, 0.05) is 32.3 Å². The molecule has 31 heavy (non-hydrogen) atoms. The van der Waals surface area contributed by atoms with Gasteiger partial charge in [0.1, 0.15) is 18.1 Å². The molecule has 2 amide bonds. The highest BCUT2D eigenvalue weighted by atomic mass is 19.1. The van der Waals surface area contributed by atoms with Gasteiger partial charge in [0.25, 0.3) is 11.8 Å². The third-order valence-corrected chi connectivity index (χ3v) is 4.47. The van der Waals surface area contributed by atoms with Gasteiger partial charge in [0.15, 0.2) is 11.6 Å². The van der Waals surface area contributed by atoms with E-state index in [1.165, 1.54) is 21.8 Å². The molecule has 1 heterocycles. The summed E-state index contributed by atoms with van der Waals surface area (Å²) in [7, 11) is 3.24. The van der Waals surface area contributed by atoms with Gasteiger partial charge in [0.05, 0.1) is 11.9 Å². The Morgan fingerprint density at radius 2 is 1.94 bits per heavy atom. The largest absolute Gasteiger partial charge is 0.486 e. The third kappa shape index (κ3) is 5.06. The Hall–Kier alpha value is -3.75. The summed E-state index contributed by atoms with van der Waals surface area (Å²) in [5, 5.41) is 6.87. The van der Waals surface area contributed by atoms with E-state index < -0.39 is 17.5 Å². The molecule has 0 saturated carbocycles. The lowest BCUT2D eigenvalue weighted by Gasteiger charge is -2.14. The maximum absolute atomic E-state index is 13.7. The average Bonchev–Trinajstić information content (AvgIpc) is 3.15. The van der Waals surface area contributed by atoms with Crippen molar-refractivity contribution in [3.05, 3.63) is 77.1 Å². The van der Waals surface area contributed by atoms with E-state index in [1.54, 1.807) is 38.4 Å². The zero-order valence-electron chi connectivity index (χ0n) is 17.4. The van der Waals surface area contributed by atoms with E-state index in [-0.39, 0.29) is 24.0 Å². The predicted octanol–water partition coefficient (Wildman–Crippen LogP) is 3.71. The molecule has 0 saturated heterocycles. The van der Waals surface area contributed by atoms with E-state index in [4.69, 9.17) is 4.74 Å². The number of anilines is 1. The summed E-state index contributed by atoms with van der Waals surface area (Å²) in [5.41, 5.74) is 1.53. The van der Waals surface area contributed by atoms with Crippen LogP contribution in [0.4, 0.5) is 14.5 Å². The fourth-order valence-corrected chi connectivity index (χ4v) is 2.90. The van der Waals surface area contributed by atoms with Gasteiger partial charge in [-0.1, -0.05) is 12.1 Å². The molecule has 0 fully saturated rings. The van der Waals surface area contributed by atoms with Crippen LogP contribution in [0, 0.1) is 11.6 Å². The molecule has 0 unspecified atom stereocenters. The first kappa shape index (κ1) is 21.9. The molecule has 162 valence electrons. The van der Waals surface area contributed by atoms with Crippen molar-refractivity contribution in [3.8, 4) is 5.75 Å². The summed E-state index contributed by atoms with van der Waals surface area (Å²) in [6, 6.07) is 9.62. The molecule has 0 radical (unpaired) electrons. The molecule has 1 aromatic heterocycles. The highest BCUT2D eigenvalue weighted by molar-refractivity contribution is 6.08. The minimum atomic E-state index is -0.806. The Bertz CT molecular complexity index is 1110. The molecular weight excluding hydrogens is 406 g/mol. The molecule has 9 heteroatoms. The fourth-order valence-electron chi connectivity index (χ4n) is 2.90. The second-order valence-corrected chi connectivity index (χ2v) is 6.94. The van der Waals surface area contributed by atoms with Crippen LogP contribution >= 0.6 is 0 Å². The van der Waals surface area contributed by atoms with E-state index in [9.17, 15) is 18.4 Å². The highest BCUT2D eigenvalue weighted by Crippen LogP contribution is 2.21. The monoisotopic (exact) mass is 428 g/mol. The Morgan fingerprint density at radius 3 is 2.61 bits per heavy atom. The van der Waals surface area contributed by atoms with Crippen molar-refractivity contribution in [2.45, 2.75) is 20.1 Å².